The van der Waals surface area contributed by atoms with Gasteiger partial charge in [0.15, 0.2) is 5.58 Å². The Kier molecular flexibility index (Phi) is 2.83. The van der Waals surface area contributed by atoms with Gasteiger partial charge in [0.25, 0.3) is 0 Å². The Balaban J connectivity index is 1.89. The summed E-state index contributed by atoms with van der Waals surface area (Å²) in [4.78, 5) is 13.7. The monoisotopic (exact) mass is 254 g/mol. The van der Waals surface area contributed by atoms with Crippen LogP contribution in [0.3, 0.4) is 0 Å². The second kappa shape index (κ2) is 4.65. The number of rotatable bonds is 3. The van der Waals surface area contributed by atoms with Crippen molar-refractivity contribution in [3.05, 3.63) is 64.1 Å². The van der Waals surface area contributed by atoms with Crippen molar-refractivity contribution in [1.29, 1.82) is 0 Å². The van der Waals surface area contributed by atoms with E-state index in [1.54, 1.807) is 0 Å². The number of nitrogens with one attached hydrogen (secondary N) is 2. The van der Waals surface area contributed by atoms with E-state index in [2.05, 4.69) is 22.4 Å². The second-order valence-corrected chi connectivity index (χ2v) is 4.47. The maximum absolute atomic E-state index is 11.1. The summed E-state index contributed by atoms with van der Waals surface area (Å²) >= 11 is 0. The van der Waals surface area contributed by atoms with Gasteiger partial charge >= 0.3 is 5.76 Å². The summed E-state index contributed by atoms with van der Waals surface area (Å²) in [6, 6.07) is 14.0. The van der Waals surface area contributed by atoms with E-state index in [1.165, 1.54) is 5.56 Å². The number of fused-ring (bicyclic) bond motifs is 1. The minimum Gasteiger partial charge on any atom is -0.408 e. The van der Waals surface area contributed by atoms with Gasteiger partial charge in [-0.2, -0.15) is 0 Å². The van der Waals surface area contributed by atoms with Crippen molar-refractivity contribution in [1.82, 2.24) is 4.98 Å². The van der Waals surface area contributed by atoms with Crippen molar-refractivity contribution < 1.29 is 4.42 Å². The van der Waals surface area contributed by atoms with Gasteiger partial charge in [-0.3, -0.25) is 4.98 Å². The van der Waals surface area contributed by atoms with Crippen molar-refractivity contribution in [3.8, 4) is 0 Å². The van der Waals surface area contributed by atoms with E-state index < -0.39 is 5.76 Å². The van der Waals surface area contributed by atoms with Gasteiger partial charge in [-0.1, -0.05) is 18.2 Å². The molecule has 0 aliphatic heterocycles. The summed E-state index contributed by atoms with van der Waals surface area (Å²) in [5.41, 5.74) is 4.77. The SMILES string of the molecule is CNc1ccc(Cc2ccc3[nH]c(=O)oc3c2)cc1. The van der Waals surface area contributed by atoms with Crippen molar-refractivity contribution in [3.63, 3.8) is 0 Å². The molecule has 0 radical (unpaired) electrons. The number of hydrogen-bond donors (Lipinski definition) is 2. The first kappa shape index (κ1) is 11.6. The van der Waals surface area contributed by atoms with Crippen LogP contribution in [0.15, 0.2) is 51.7 Å². The van der Waals surface area contributed by atoms with E-state index >= 15 is 0 Å². The zero-order valence-electron chi connectivity index (χ0n) is 10.6. The van der Waals surface area contributed by atoms with Gasteiger partial charge in [0.1, 0.15) is 0 Å². The van der Waals surface area contributed by atoms with Gasteiger partial charge in [-0.05, 0) is 41.8 Å². The summed E-state index contributed by atoms with van der Waals surface area (Å²) in [6.45, 7) is 0. The van der Waals surface area contributed by atoms with Crippen molar-refractivity contribution >= 4 is 16.8 Å². The number of anilines is 1. The molecule has 4 heteroatoms. The fourth-order valence-electron chi connectivity index (χ4n) is 2.12. The lowest BCUT2D eigenvalue weighted by molar-refractivity contribution is 0.555. The molecule has 1 aromatic heterocycles. The molecule has 0 saturated heterocycles. The molecular formula is C15H14N2O2. The average Bonchev–Trinajstić information content (AvgIpc) is 2.79. The summed E-state index contributed by atoms with van der Waals surface area (Å²) < 4.78 is 5.06. The lowest BCUT2D eigenvalue weighted by atomic mass is 10.0. The van der Waals surface area contributed by atoms with Gasteiger partial charge in [0.2, 0.25) is 0 Å². The van der Waals surface area contributed by atoms with Crippen molar-refractivity contribution in [2.45, 2.75) is 6.42 Å². The summed E-state index contributed by atoms with van der Waals surface area (Å²) in [6.07, 6.45) is 0.814. The van der Waals surface area contributed by atoms with Crippen LogP contribution >= 0.6 is 0 Å². The molecular weight excluding hydrogens is 240 g/mol. The lowest BCUT2D eigenvalue weighted by Crippen LogP contribution is -1.92. The molecule has 0 unspecified atom stereocenters. The van der Waals surface area contributed by atoms with Crippen LogP contribution in [0.25, 0.3) is 11.1 Å². The minimum absolute atomic E-state index is 0.412. The summed E-state index contributed by atoms with van der Waals surface area (Å²) in [5, 5.41) is 3.09. The standard InChI is InChI=1S/C15H14N2O2/c1-16-12-5-2-10(3-6-12)8-11-4-7-13-14(9-11)19-15(18)17-13/h2-7,9,16H,8H2,1H3,(H,17,18). The van der Waals surface area contributed by atoms with E-state index in [0.717, 1.165) is 23.2 Å². The van der Waals surface area contributed by atoms with Gasteiger partial charge in [0.05, 0.1) is 5.52 Å². The first-order valence-electron chi connectivity index (χ1n) is 6.13. The molecule has 0 atom stereocenters. The first-order chi connectivity index (χ1) is 9.24. The van der Waals surface area contributed by atoms with E-state index in [-0.39, 0.29) is 0 Å². The topological polar surface area (TPSA) is 58.0 Å². The largest absolute Gasteiger partial charge is 0.417 e. The molecule has 96 valence electrons. The third-order valence-electron chi connectivity index (χ3n) is 3.14. The molecule has 0 amide bonds. The highest BCUT2D eigenvalue weighted by atomic mass is 16.4. The Labute approximate surface area is 110 Å². The Morgan fingerprint density at radius 3 is 2.58 bits per heavy atom. The number of H-pyrrole nitrogens is 1. The highest BCUT2D eigenvalue weighted by molar-refractivity contribution is 5.72. The summed E-state index contributed by atoms with van der Waals surface area (Å²) in [5.74, 6) is -0.412. The summed E-state index contributed by atoms with van der Waals surface area (Å²) in [7, 11) is 1.90. The zero-order valence-corrected chi connectivity index (χ0v) is 10.6. The van der Waals surface area contributed by atoms with Crippen LogP contribution in [0.2, 0.25) is 0 Å². The molecule has 2 aromatic carbocycles. The molecule has 3 aromatic rings. The fraction of sp³-hybridized carbons (Fsp3) is 0.133. The van der Waals surface area contributed by atoms with Crippen molar-refractivity contribution in [2.75, 3.05) is 12.4 Å². The highest BCUT2D eigenvalue weighted by Gasteiger charge is 2.03. The minimum atomic E-state index is -0.412. The quantitative estimate of drug-likeness (QED) is 0.755. The van der Waals surface area contributed by atoms with Crippen molar-refractivity contribution in [2.24, 2.45) is 0 Å². The zero-order chi connectivity index (χ0) is 13.2. The Morgan fingerprint density at radius 2 is 1.84 bits per heavy atom. The first-order valence-corrected chi connectivity index (χ1v) is 6.13. The van der Waals surface area contributed by atoms with Crippen LogP contribution in [0.1, 0.15) is 11.1 Å². The Morgan fingerprint density at radius 1 is 1.11 bits per heavy atom. The number of aromatic nitrogens is 1. The molecule has 0 fully saturated rings. The third kappa shape index (κ3) is 2.38. The highest BCUT2D eigenvalue weighted by Crippen LogP contribution is 2.17. The van der Waals surface area contributed by atoms with E-state index in [9.17, 15) is 4.79 Å². The van der Waals surface area contributed by atoms with Crippen LogP contribution in [0.5, 0.6) is 0 Å². The fourth-order valence-corrected chi connectivity index (χ4v) is 2.12. The van der Waals surface area contributed by atoms with Gasteiger partial charge in [-0.15, -0.1) is 0 Å². The normalized spacial score (nSPS) is 10.8. The van der Waals surface area contributed by atoms with Gasteiger partial charge in [0, 0.05) is 12.7 Å². The van der Waals surface area contributed by atoms with Crippen LogP contribution in [-0.4, -0.2) is 12.0 Å². The number of oxazole rings is 1. The maximum atomic E-state index is 11.1. The molecule has 19 heavy (non-hydrogen) atoms. The van der Waals surface area contributed by atoms with E-state index in [4.69, 9.17) is 4.42 Å². The maximum Gasteiger partial charge on any atom is 0.417 e. The smallest absolute Gasteiger partial charge is 0.408 e. The van der Waals surface area contributed by atoms with Crippen LogP contribution in [0.4, 0.5) is 5.69 Å². The molecule has 0 aliphatic rings. The Bertz CT molecular complexity index is 754. The predicted molar refractivity (Wildman–Crippen MR) is 75.6 cm³/mol. The van der Waals surface area contributed by atoms with Crippen LogP contribution < -0.4 is 11.1 Å². The van der Waals surface area contributed by atoms with Crippen LogP contribution in [-0.2, 0) is 6.42 Å². The molecule has 0 aliphatic carbocycles. The van der Waals surface area contributed by atoms with Gasteiger partial charge in [-0.25, -0.2) is 4.79 Å². The third-order valence-corrected chi connectivity index (χ3v) is 3.14. The number of aromatic amines is 1. The predicted octanol–water partition coefficient (Wildman–Crippen LogP) is 2.75. The van der Waals surface area contributed by atoms with E-state index in [1.807, 2.05) is 37.4 Å². The molecule has 4 nitrogen and oxygen atoms in total. The molecule has 1 heterocycles. The Hall–Kier alpha value is -2.49. The molecule has 3 rings (SSSR count). The second-order valence-electron chi connectivity index (χ2n) is 4.47. The molecule has 0 bridgehead atoms. The number of benzene rings is 2. The number of hydrogen-bond acceptors (Lipinski definition) is 3. The molecule has 2 N–H and O–H groups in total. The average molecular weight is 254 g/mol. The molecule has 0 spiro atoms. The molecule has 0 saturated carbocycles. The van der Waals surface area contributed by atoms with E-state index in [0.29, 0.717) is 5.58 Å². The van der Waals surface area contributed by atoms with Gasteiger partial charge < -0.3 is 9.73 Å². The van der Waals surface area contributed by atoms with Crippen LogP contribution in [0, 0.1) is 0 Å². The lowest BCUT2D eigenvalue weighted by Gasteiger charge is -2.04.